The molecule has 0 heterocycles. The van der Waals surface area contributed by atoms with Gasteiger partial charge >= 0.3 is 0 Å². The van der Waals surface area contributed by atoms with Crippen molar-refractivity contribution in [2.75, 3.05) is 13.1 Å². The van der Waals surface area contributed by atoms with Crippen molar-refractivity contribution in [3.63, 3.8) is 0 Å². The normalized spacial score (nSPS) is 12.7. The second-order valence-electron chi connectivity index (χ2n) is 3.64. The highest BCUT2D eigenvalue weighted by atomic mass is 16.3. The van der Waals surface area contributed by atoms with Crippen molar-refractivity contribution in [2.24, 2.45) is 0 Å². The summed E-state index contributed by atoms with van der Waals surface area (Å²) < 4.78 is 0. The van der Waals surface area contributed by atoms with Crippen molar-refractivity contribution < 1.29 is 5.11 Å². The van der Waals surface area contributed by atoms with Crippen LogP contribution in [-0.4, -0.2) is 24.3 Å². The van der Waals surface area contributed by atoms with Crippen LogP contribution in [0.3, 0.4) is 0 Å². The van der Waals surface area contributed by atoms with Crippen LogP contribution in [0.5, 0.6) is 0 Å². The summed E-state index contributed by atoms with van der Waals surface area (Å²) in [6.07, 6.45) is 1.98. The topological polar surface area (TPSA) is 32.3 Å². The molecule has 0 fully saturated rings. The largest absolute Gasteiger partial charge is 0.392 e. The third-order valence-corrected chi connectivity index (χ3v) is 2.10. The van der Waals surface area contributed by atoms with Crippen molar-refractivity contribution in [3.8, 4) is 0 Å². The molecule has 2 nitrogen and oxygen atoms in total. The van der Waals surface area contributed by atoms with E-state index in [2.05, 4.69) is 29.6 Å². The van der Waals surface area contributed by atoms with E-state index < -0.39 is 0 Å². The Morgan fingerprint density at radius 3 is 2.64 bits per heavy atom. The molecule has 0 amide bonds. The SMILES string of the molecule is C[C@H](O)CNCCCc1ccccc1. The molecule has 1 aromatic carbocycles. The van der Waals surface area contributed by atoms with Crippen LogP contribution in [0.15, 0.2) is 30.3 Å². The summed E-state index contributed by atoms with van der Waals surface area (Å²) in [5, 5.41) is 12.2. The zero-order valence-electron chi connectivity index (χ0n) is 8.74. The molecule has 2 heteroatoms. The van der Waals surface area contributed by atoms with Crippen LogP contribution in [0.1, 0.15) is 18.9 Å². The fourth-order valence-electron chi connectivity index (χ4n) is 1.37. The maximum atomic E-state index is 9.01. The molecule has 78 valence electrons. The monoisotopic (exact) mass is 193 g/mol. The molecular weight excluding hydrogens is 174 g/mol. The van der Waals surface area contributed by atoms with Crippen LogP contribution >= 0.6 is 0 Å². The van der Waals surface area contributed by atoms with E-state index in [1.54, 1.807) is 6.92 Å². The zero-order chi connectivity index (χ0) is 10.2. The molecule has 0 aliphatic rings. The summed E-state index contributed by atoms with van der Waals surface area (Å²) in [7, 11) is 0. The Labute approximate surface area is 86.0 Å². The standard InChI is InChI=1S/C12H19NO/c1-11(14)10-13-9-5-8-12-6-3-2-4-7-12/h2-4,6-7,11,13-14H,5,8-10H2,1H3/t11-/m0/s1. The molecule has 0 spiro atoms. The first-order valence-corrected chi connectivity index (χ1v) is 5.22. The van der Waals surface area contributed by atoms with Gasteiger partial charge in [0.2, 0.25) is 0 Å². The lowest BCUT2D eigenvalue weighted by Gasteiger charge is -2.06. The zero-order valence-corrected chi connectivity index (χ0v) is 8.74. The van der Waals surface area contributed by atoms with E-state index in [1.807, 2.05) is 6.07 Å². The number of nitrogens with one attached hydrogen (secondary N) is 1. The quantitative estimate of drug-likeness (QED) is 0.672. The lowest BCUT2D eigenvalue weighted by molar-refractivity contribution is 0.191. The van der Waals surface area contributed by atoms with E-state index in [0.29, 0.717) is 6.54 Å². The summed E-state index contributed by atoms with van der Waals surface area (Å²) in [6.45, 7) is 3.46. The molecule has 0 radical (unpaired) electrons. The molecule has 0 aromatic heterocycles. The molecule has 1 aromatic rings. The number of aryl methyl sites for hydroxylation is 1. The lowest BCUT2D eigenvalue weighted by atomic mass is 10.1. The maximum absolute atomic E-state index is 9.01. The molecule has 14 heavy (non-hydrogen) atoms. The molecule has 0 saturated heterocycles. The highest BCUT2D eigenvalue weighted by Gasteiger charge is 1.94. The maximum Gasteiger partial charge on any atom is 0.0636 e. The third-order valence-electron chi connectivity index (χ3n) is 2.10. The van der Waals surface area contributed by atoms with Gasteiger partial charge in [0.15, 0.2) is 0 Å². The minimum atomic E-state index is -0.244. The Kier molecular flexibility index (Phi) is 5.27. The van der Waals surface area contributed by atoms with Gasteiger partial charge in [0.25, 0.3) is 0 Å². The summed E-state index contributed by atoms with van der Waals surface area (Å²) in [6, 6.07) is 10.5. The van der Waals surface area contributed by atoms with Gasteiger partial charge in [0.05, 0.1) is 6.10 Å². The number of benzene rings is 1. The summed E-state index contributed by atoms with van der Waals surface area (Å²) >= 11 is 0. The third kappa shape index (κ3) is 5.00. The minimum absolute atomic E-state index is 0.244. The number of aliphatic hydroxyl groups excluding tert-OH is 1. The van der Waals surface area contributed by atoms with E-state index in [0.717, 1.165) is 19.4 Å². The van der Waals surface area contributed by atoms with E-state index in [4.69, 9.17) is 5.11 Å². The van der Waals surface area contributed by atoms with Gasteiger partial charge in [0, 0.05) is 6.54 Å². The Balaban J connectivity index is 2.05. The summed E-state index contributed by atoms with van der Waals surface area (Å²) in [5.41, 5.74) is 1.38. The molecule has 0 saturated carbocycles. The highest BCUT2D eigenvalue weighted by Crippen LogP contribution is 2.01. The van der Waals surface area contributed by atoms with Crippen LogP contribution in [-0.2, 0) is 6.42 Å². The fourth-order valence-corrected chi connectivity index (χ4v) is 1.37. The second-order valence-corrected chi connectivity index (χ2v) is 3.64. The van der Waals surface area contributed by atoms with E-state index in [1.165, 1.54) is 5.56 Å². The first kappa shape index (κ1) is 11.2. The fraction of sp³-hybridized carbons (Fsp3) is 0.500. The summed E-state index contributed by atoms with van der Waals surface area (Å²) in [4.78, 5) is 0. The van der Waals surface area contributed by atoms with Crippen LogP contribution in [0, 0.1) is 0 Å². The Morgan fingerprint density at radius 1 is 1.29 bits per heavy atom. The molecule has 0 aliphatic heterocycles. The van der Waals surface area contributed by atoms with Gasteiger partial charge in [-0.3, -0.25) is 0 Å². The van der Waals surface area contributed by atoms with E-state index in [-0.39, 0.29) is 6.10 Å². The van der Waals surface area contributed by atoms with Gasteiger partial charge in [-0.2, -0.15) is 0 Å². The van der Waals surface area contributed by atoms with Crippen molar-refractivity contribution in [3.05, 3.63) is 35.9 Å². The summed E-state index contributed by atoms with van der Waals surface area (Å²) in [5.74, 6) is 0. The van der Waals surface area contributed by atoms with Gasteiger partial charge in [-0.05, 0) is 31.9 Å². The van der Waals surface area contributed by atoms with Crippen LogP contribution in [0.2, 0.25) is 0 Å². The van der Waals surface area contributed by atoms with Crippen molar-refractivity contribution >= 4 is 0 Å². The van der Waals surface area contributed by atoms with Crippen LogP contribution < -0.4 is 5.32 Å². The van der Waals surface area contributed by atoms with E-state index >= 15 is 0 Å². The van der Waals surface area contributed by atoms with Crippen molar-refractivity contribution in [2.45, 2.75) is 25.9 Å². The molecule has 0 bridgehead atoms. The molecule has 1 atom stereocenters. The van der Waals surface area contributed by atoms with E-state index in [9.17, 15) is 0 Å². The van der Waals surface area contributed by atoms with Gasteiger partial charge in [0.1, 0.15) is 0 Å². The van der Waals surface area contributed by atoms with Gasteiger partial charge in [-0.15, -0.1) is 0 Å². The number of aliphatic hydroxyl groups is 1. The minimum Gasteiger partial charge on any atom is -0.392 e. The molecular formula is C12H19NO. The first-order valence-electron chi connectivity index (χ1n) is 5.22. The number of rotatable bonds is 6. The Morgan fingerprint density at radius 2 is 2.00 bits per heavy atom. The predicted molar refractivity (Wildman–Crippen MR) is 59.3 cm³/mol. The average Bonchev–Trinajstić information content (AvgIpc) is 2.18. The molecule has 1 rings (SSSR count). The van der Waals surface area contributed by atoms with Crippen LogP contribution in [0.25, 0.3) is 0 Å². The van der Waals surface area contributed by atoms with Gasteiger partial charge < -0.3 is 10.4 Å². The second kappa shape index (κ2) is 6.57. The average molecular weight is 193 g/mol. The van der Waals surface area contributed by atoms with Gasteiger partial charge in [-0.1, -0.05) is 30.3 Å². The highest BCUT2D eigenvalue weighted by molar-refractivity contribution is 5.14. The smallest absolute Gasteiger partial charge is 0.0636 e. The lowest BCUT2D eigenvalue weighted by Crippen LogP contribution is -2.25. The molecule has 2 N–H and O–H groups in total. The predicted octanol–water partition coefficient (Wildman–Crippen LogP) is 1.59. The van der Waals surface area contributed by atoms with Crippen LogP contribution in [0.4, 0.5) is 0 Å². The molecule has 0 aliphatic carbocycles. The number of hydrogen-bond donors (Lipinski definition) is 2. The molecule has 0 unspecified atom stereocenters. The first-order chi connectivity index (χ1) is 6.79. The van der Waals surface area contributed by atoms with Crippen molar-refractivity contribution in [1.29, 1.82) is 0 Å². The Hall–Kier alpha value is -0.860. The Bertz CT molecular complexity index is 233. The van der Waals surface area contributed by atoms with Crippen molar-refractivity contribution in [1.82, 2.24) is 5.32 Å². The van der Waals surface area contributed by atoms with Gasteiger partial charge in [-0.25, -0.2) is 0 Å². The number of hydrogen-bond acceptors (Lipinski definition) is 2.